The number of sulfone groups is 1. The molecule has 1 amide bonds. The number of rotatable bonds is 5. The summed E-state index contributed by atoms with van der Waals surface area (Å²) in [5.74, 6) is -1.70. The third-order valence-corrected chi connectivity index (χ3v) is 5.26. The highest BCUT2D eigenvalue weighted by atomic mass is 32.2. The van der Waals surface area contributed by atoms with E-state index in [9.17, 15) is 22.4 Å². The van der Waals surface area contributed by atoms with Crippen molar-refractivity contribution in [3.05, 3.63) is 35.6 Å². The van der Waals surface area contributed by atoms with Crippen molar-refractivity contribution in [1.82, 2.24) is 5.32 Å². The molecule has 2 rings (SSSR count). The molecule has 0 aliphatic carbocycles. The summed E-state index contributed by atoms with van der Waals surface area (Å²) < 4.78 is 40.7. The van der Waals surface area contributed by atoms with Gasteiger partial charge in [-0.1, -0.05) is 12.1 Å². The van der Waals surface area contributed by atoms with Crippen LogP contribution in [0.5, 0.6) is 0 Å². The van der Waals surface area contributed by atoms with Gasteiger partial charge < -0.3 is 10.1 Å². The fraction of sp³-hybridized carbons (Fsp3) is 0.467. The fourth-order valence-corrected chi connectivity index (χ4v) is 4.01. The Morgan fingerprint density at radius 1 is 1.43 bits per heavy atom. The van der Waals surface area contributed by atoms with E-state index in [-0.39, 0.29) is 17.9 Å². The number of hydrogen-bond donors (Lipinski definition) is 1. The third kappa shape index (κ3) is 5.31. The van der Waals surface area contributed by atoms with Crippen molar-refractivity contribution in [1.29, 1.82) is 0 Å². The first-order chi connectivity index (χ1) is 10.7. The molecule has 0 spiro atoms. The van der Waals surface area contributed by atoms with E-state index < -0.39 is 39.7 Å². The summed E-state index contributed by atoms with van der Waals surface area (Å²) in [6, 6.07) is 5.10. The second-order valence-electron chi connectivity index (χ2n) is 5.55. The van der Waals surface area contributed by atoms with Gasteiger partial charge in [-0.15, -0.1) is 0 Å². The van der Waals surface area contributed by atoms with Crippen LogP contribution in [0.4, 0.5) is 4.39 Å². The zero-order valence-corrected chi connectivity index (χ0v) is 13.4. The Balaban J connectivity index is 1.82. The Kier molecular flexibility index (Phi) is 5.35. The van der Waals surface area contributed by atoms with Crippen LogP contribution in [0, 0.1) is 5.82 Å². The zero-order chi connectivity index (χ0) is 17.0. The largest absolute Gasteiger partial charge is 0.452 e. The van der Waals surface area contributed by atoms with Gasteiger partial charge in [0.15, 0.2) is 15.9 Å². The van der Waals surface area contributed by atoms with Gasteiger partial charge in [-0.3, -0.25) is 9.59 Å². The van der Waals surface area contributed by atoms with Gasteiger partial charge in [0.2, 0.25) is 0 Å². The molecule has 1 aromatic rings. The molecule has 0 saturated carbocycles. The number of halogens is 1. The van der Waals surface area contributed by atoms with Crippen molar-refractivity contribution >= 4 is 21.7 Å². The molecule has 1 saturated heterocycles. The lowest BCUT2D eigenvalue weighted by atomic mass is 10.1. The summed E-state index contributed by atoms with van der Waals surface area (Å²) in [5.41, 5.74) is 0.449. The maximum atomic E-state index is 13.0. The molecule has 23 heavy (non-hydrogen) atoms. The minimum atomic E-state index is -3.09. The van der Waals surface area contributed by atoms with Crippen molar-refractivity contribution < 1.29 is 27.1 Å². The average molecular weight is 343 g/mol. The van der Waals surface area contributed by atoms with Crippen LogP contribution in [0.1, 0.15) is 18.9 Å². The minimum Gasteiger partial charge on any atom is -0.452 e. The van der Waals surface area contributed by atoms with E-state index in [2.05, 4.69) is 5.32 Å². The molecule has 1 aliphatic heterocycles. The van der Waals surface area contributed by atoms with Gasteiger partial charge in [0.25, 0.3) is 5.91 Å². The van der Waals surface area contributed by atoms with Crippen molar-refractivity contribution in [2.75, 3.05) is 11.5 Å². The Morgan fingerprint density at radius 2 is 2.17 bits per heavy atom. The van der Waals surface area contributed by atoms with Gasteiger partial charge >= 0.3 is 5.97 Å². The third-order valence-electron chi connectivity index (χ3n) is 3.49. The topological polar surface area (TPSA) is 89.5 Å². The van der Waals surface area contributed by atoms with E-state index in [0.717, 1.165) is 0 Å². The normalized spacial score (nSPS) is 20.7. The second kappa shape index (κ2) is 7.08. The van der Waals surface area contributed by atoms with Gasteiger partial charge in [0.05, 0.1) is 17.9 Å². The van der Waals surface area contributed by atoms with Crippen LogP contribution < -0.4 is 5.32 Å². The van der Waals surface area contributed by atoms with E-state index in [1.54, 1.807) is 6.07 Å². The highest BCUT2D eigenvalue weighted by Crippen LogP contribution is 2.12. The minimum absolute atomic E-state index is 0.0473. The number of hydrogen-bond acceptors (Lipinski definition) is 5. The predicted octanol–water partition coefficient (Wildman–Crippen LogP) is 0.603. The van der Waals surface area contributed by atoms with E-state index >= 15 is 0 Å². The lowest BCUT2D eigenvalue weighted by molar-refractivity contribution is -0.154. The first kappa shape index (κ1) is 17.4. The summed E-state index contributed by atoms with van der Waals surface area (Å²) >= 11 is 0. The van der Waals surface area contributed by atoms with E-state index in [0.29, 0.717) is 12.0 Å². The lowest BCUT2D eigenvalue weighted by Gasteiger charge is -2.16. The van der Waals surface area contributed by atoms with Crippen LogP contribution in [0.2, 0.25) is 0 Å². The number of carbonyl (C=O) groups is 2. The molecule has 126 valence electrons. The number of esters is 1. The summed E-state index contributed by atoms with van der Waals surface area (Å²) in [5, 5.41) is 2.56. The predicted molar refractivity (Wildman–Crippen MR) is 80.9 cm³/mol. The van der Waals surface area contributed by atoms with Crippen LogP contribution >= 0.6 is 0 Å². The number of benzene rings is 1. The van der Waals surface area contributed by atoms with Crippen LogP contribution in [0.15, 0.2) is 24.3 Å². The Bertz CT molecular complexity index is 704. The maximum absolute atomic E-state index is 13.0. The molecule has 1 heterocycles. The highest BCUT2D eigenvalue weighted by Gasteiger charge is 2.30. The molecular weight excluding hydrogens is 325 g/mol. The Hall–Kier alpha value is -1.96. The SMILES string of the molecule is C[C@@H](OC(=O)Cc1cccc(F)c1)C(=O)N[C@@H]1CCS(=O)(=O)C1. The number of carbonyl (C=O) groups excluding carboxylic acids is 2. The fourth-order valence-electron chi connectivity index (χ4n) is 2.33. The Labute approximate surface area is 133 Å². The Morgan fingerprint density at radius 3 is 2.78 bits per heavy atom. The molecule has 6 nitrogen and oxygen atoms in total. The van der Waals surface area contributed by atoms with Crippen LogP contribution in [-0.2, 0) is 30.6 Å². The van der Waals surface area contributed by atoms with Crippen molar-refractivity contribution in [3.63, 3.8) is 0 Å². The quantitative estimate of drug-likeness (QED) is 0.791. The molecule has 1 aromatic carbocycles. The first-order valence-electron chi connectivity index (χ1n) is 7.20. The summed E-state index contributed by atoms with van der Waals surface area (Å²) in [6.45, 7) is 1.41. The molecule has 0 aromatic heterocycles. The average Bonchev–Trinajstić information content (AvgIpc) is 2.77. The zero-order valence-electron chi connectivity index (χ0n) is 12.6. The molecular formula is C15H18FNO5S. The van der Waals surface area contributed by atoms with Gasteiger partial charge in [-0.25, -0.2) is 12.8 Å². The van der Waals surface area contributed by atoms with E-state index in [1.165, 1.54) is 25.1 Å². The summed E-state index contributed by atoms with van der Waals surface area (Å²) in [7, 11) is -3.09. The second-order valence-corrected chi connectivity index (χ2v) is 7.78. The first-order valence-corrected chi connectivity index (χ1v) is 9.02. The molecule has 0 unspecified atom stereocenters. The summed E-state index contributed by atoms with van der Waals surface area (Å²) in [4.78, 5) is 23.7. The number of nitrogens with one attached hydrogen (secondary N) is 1. The van der Waals surface area contributed by atoms with Gasteiger partial charge in [-0.2, -0.15) is 0 Å². The van der Waals surface area contributed by atoms with Crippen LogP contribution in [0.3, 0.4) is 0 Å². The van der Waals surface area contributed by atoms with Crippen molar-refractivity contribution in [2.45, 2.75) is 31.9 Å². The maximum Gasteiger partial charge on any atom is 0.311 e. The van der Waals surface area contributed by atoms with Gasteiger partial charge in [0.1, 0.15) is 5.82 Å². The van der Waals surface area contributed by atoms with Gasteiger partial charge in [0, 0.05) is 6.04 Å². The van der Waals surface area contributed by atoms with Crippen LogP contribution in [-0.4, -0.2) is 43.9 Å². The smallest absolute Gasteiger partial charge is 0.311 e. The highest BCUT2D eigenvalue weighted by molar-refractivity contribution is 7.91. The summed E-state index contributed by atoms with van der Waals surface area (Å²) in [6.07, 6.45) is -0.829. The molecule has 1 fully saturated rings. The monoisotopic (exact) mass is 343 g/mol. The van der Waals surface area contributed by atoms with E-state index in [4.69, 9.17) is 4.74 Å². The van der Waals surface area contributed by atoms with Gasteiger partial charge in [-0.05, 0) is 31.0 Å². The van der Waals surface area contributed by atoms with Crippen LogP contribution in [0.25, 0.3) is 0 Å². The molecule has 1 aliphatic rings. The lowest BCUT2D eigenvalue weighted by Crippen LogP contribution is -2.42. The molecule has 1 N–H and O–H groups in total. The number of amides is 1. The number of ether oxygens (including phenoxy) is 1. The molecule has 2 atom stereocenters. The standard InChI is InChI=1S/C15H18FNO5S/c1-10(15(19)17-13-5-6-23(20,21)9-13)22-14(18)8-11-3-2-4-12(16)7-11/h2-4,7,10,13H,5-6,8-9H2,1H3,(H,17,19)/t10-,13-/m1/s1. The van der Waals surface area contributed by atoms with Crippen molar-refractivity contribution in [2.24, 2.45) is 0 Å². The molecule has 8 heteroatoms. The molecule has 0 bridgehead atoms. The van der Waals surface area contributed by atoms with E-state index in [1.807, 2.05) is 0 Å². The van der Waals surface area contributed by atoms with Crippen molar-refractivity contribution in [3.8, 4) is 0 Å². The molecule has 0 radical (unpaired) electrons.